The number of ether oxygens (including phenoxy) is 1. The number of piperidine rings is 1. The maximum atomic E-state index is 12.1. The molecule has 2 fully saturated rings. The van der Waals surface area contributed by atoms with Gasteiger partial charge in [0.25, 0.3) is 0 Å². The molecule has 27 heavy (non-hydrogen) atoms. The second kappa shape index (κ2) is 7.58. The highest BCUT2D eigenvalue weighted by Crippen LogP contribution is 2.53. The smallest absolute Gasteiger partial charge is 0.410 e. The molecule has 7 nitrogen and oxygen atoms in total. The average molecular weight is 372 g/mol. The number of carbonyl (C=O) groups excluding carboxylic acids is 2. The lowest BCUT2D eigenvalue weighted by atomic mass is 10.2. The number of nitrogen functional groups attached to an aromatic ring is 1. The van der Waals surface area contributed by atoms with Crippen LogP contribution in [0.5, 0.6) is 0 Å². The number of aromatic nitrogens is 1. The minimum absolute atomic E-state index is 0.118. The number of amides is 2. The van der Waals surface area contributed by atoms with Crippen LogP contribution in [-0.4, -0.2) is 47.1 Å². The Balaban J connectivity index is 1.33. The molecule has 0 spiro atoms. The van der Waals surface area contributed by atoms with Crippen molar-refractivity contribution in [3.63, 3.8) is 0 Å². The highest BCUT2D eigenvalue weighted by atomic mass is 16.6. The summed E-state index contributed by atoms with van der Waals surface area (Å²) in [5.41, 5.74) is 5.91. The van der Waals surface area contributed by atoms with Crippen LogP contribution in [0.2, 0.25) is 0 Å². The van der Waals surface area contributed by atoms with E-state index in [1.54, 1.807) is 23.2 Å². The number of rotatable bonds is 5. The summed E-state index contributed by atoms with van der Waals surface area (Å²) in [7, 11) is 0. The predicted molar refractivity (Wildman–Crippen MR) is 104 cm³/mol. The largest absolute Gasteiger partial charge is 0.444 e. The number of hydrogen-bond acceptors (Lipinski definition) is 5. The van der Waals surface area contributed by atoms with Gasteiger partial charge in [-0.25, -0.2) is 9.78 Å². The van der Waals surface area contributed by atoms with Crippen LogP contribution in [0.3, 0.4) is 0 Å². The van der Waals surface area contributed by atoms with Crippen LogP contribution in [0.25, 0.3) is 6.08 Å². The minimum Gasteiger partial charge on any atom is -0.444 e. The van der Waals surface area contributed by atoms with Crippen LogP contribution in [0.1, 0.15) is 32.8 Å². The Morgan fingerprint density at radius 1 is 1.33 bits per heavy atom. The highest BCUT2D eigenvalue weighted by Gasteiger charge is 2.56. The number of pyridine rings is 1. The summed E-state index contributed by atoms with van der Waals surface area (Å²) >= 11 is 0. The lowest BCUT2D eigenvalue weighted by Gasteiger charge is -2.25. The van der Waals surface area contributed by atoms with Crippen LogP contribution in [0.15, 0.2) is 24.4 Å². The Kier molecular flexibility index (Phi) is 5.39. The Labute approximate surface area is 160 Å². The molecular weight excluding hydrogens is 344 g/mol. The molecule has 1 aliphatic carbocycles. The first-order valence-electron chi connectivity index (χ1n) is 9.38. The summed E-state index contributed by atoms with van der Waals surface area (Å²) in [5, 5.41) is 2.91. The number of nitrogens with zero attached hydrogens (tertiary/aromatic N) is 2. The number of likely N-dealkylation sites (tertiary alicyclic amines) is 1. The third kappa shape index (κ3) is 5.21. The molecule has 2 aliphatic rings. The van der Waals surface area contributed by atoms with Gasteiger partial charge in [0.15, 0.2) is 0 Å². The van der Waals surface area contributed by atoms with Crippen molar-refractivity contribution in [1.29, 1.82) is 0 Å². The highest BCUT2D eigenvalue weighted by molar-refractivity contribution is 5.91. The van der Waals surface area contributed by atoms with Crippen molar-refractivity contribution < 1.29 is 14.3 Å². The molecule has 2 atom stereocenters. The Morgan fingerprint density at radius 3 is 2.63 bits per heavy atom. The van der Waals surface area contributed by atoms with E-state index in [0.29, 0.717) is 30.1 Å². The molecule has 0 aromatic carbocycles. The fourth-order valence-electron chi connectivity index (χ4n) is 3.66. The zero-order chi connectivity index (χ0) is 19.6. The molecule has 2 heterocycles. The van der Waals surface area contributed by atoms with Gasteiger partial charge in [0.2, 0.25) is 5.91 Å². The van der Waals surface area contributed by atoms with Crippen LogP contribution in [0, 0.1) is 17.8 Å². The van der Waals surface area contributed by atoms with Crippen LogP contribution in [-0.2, 0) is 9.53 Å². The lowest BCUT2D eigenvalue weighted by molar-refractivity contribution is -0.116. The van der Waals surface area contributed by atoms with Gasteiger partial charge in [-0.1, -0.05) is 0 Å². The summed E-state index contributed by atoms with van der Waals surface area (Å²) in [6.45, 7) is 7.82. The van der Waals surface area contributed by atoms with E-state index in [2.05, 4.69) is 10.3 Å². The molecular formula is C20H28N4O3. The second-order valence-corrected chi connectivity index (χ2v) is 8.31. The molecule has 0 bridgehead atoms. The first-order valence-corrected chi connectivity index (χ1v) is 9.38. The van der Waals surface area contributed by atoms with Gasteiger partial charge in [0.05, 0.1) is 0 Å². The van der Waals surface area contributed by atoms with Gasteiger partial charge >= 0.3 is 6.09 Å². The van der Waals surface area contributed by atoms with Gasteiger partial charge in [-0.3, -0.25) is 4.79 Å². The van der Waals surface area contributed by atoms with E-state index < -0.39 is 5.60 Å². The standard InChI is InChI=1S/C20H28N4O3/c1-20(2,3)27-19(26)24-11-15-14(16(15)12-24)8-9-22-18(25)7-5-13-4-6-17(21)23-10-13/h4-7,10,14-16H,8-9,11-12H2,1-3H3,(H2,21,23)(H,22,25)/b7-5+. The normalized spacial score (nSPS) is 24.0. The van der Waals surface area contributed by atoms with Crippen molar-refractivity contribution in [3.05, 3.63) is 30.0 Å². The van der Waals surface area contributed by atoms with Crippen molar-refractivity contribution >= 4 is 23.9 Å². The van der Waals surface area contributed by atoms with E-state index in [-0.39, 0.29) is 12.0 Å². The summed E-state index contributed by atoms with van der Waals surface area (Å²) in [6, 6.07) is 3.51. The molecule has 1 saturated heterocycles. The summed E-state index contributed by atoms with van der Waals surface area (Å²) < 4.78 is 5.42. The van der Waals surface area contributed by atoms with Crippen LogP contribution >= 0.6 is 0 Å². The van der Waals surface area contributed by atoms with E-state index in [1.165, 1.54) is 6.08 Å². The Hall–Kier alpha value is -2.57. The van der Waals surface area contributed by atoms with Crippen molar-refractivity contribution in [2.24, 2.45) is 17.8 Å². The van der Waals surface area contributed by atoms with E-state index >= 15 is 0 Å². The molecule has 1 saturated carbocycles. The topological polar surface area (TPSA) is 97.5 Å². The maximum Gasteiger partial charge on any atom is 0.410 e. The lowest BCUT2D eigenvalue weighted by Crippen LogP contribution is -2.37. The summed E-state index contributed by atoms with van der Waals surface area (Å²) in [6.07, 6.45) is 5.57. The SMILES string of the molecule is CC(C)(C)OC(=O)N1CC2C(CCNC(=O)/C=C/c3ccc(N)nc3)C2C1. The zero-order valence-corrected chi connectivity index (χ0v) is 16.1. The molecule has 7 heteroatoms. The second-order valence-electron chi connectivity index (χ2n) is 8.31. The molecule has 1 aromatic heterocycles. The number of fused-ring (bicyclic) bond motifs is 1. The van der Waals surface area contributed by atoms with Crippen molar-refractivity contribution in [2.75, 3.05) is 25.4 Å². The minimum atomic E-state index is -0.455. The summed E-state index contributed by atoms with van der Waals surface area (Å²) in [4.78, 5) is 29.7. The van der Waals surface area contributed by atoms with Crippen molar-refractivity contribution in [1.82, 2.24) is 15.2 Å². The Bertz CT molecular complexity index is 712. The molecule has 1 aliphatic heterocycles. The molecule has 0 radical (unpaired) electrons. The van der Waals surface area contributed by atoms with Crippen LogP contribution in [0.4, 0.5) is 10.6 Å². The molecule has 2 amide bonds. The molecule has 146 valence electrons. The average Bonchev–Trinajstić information content (AvgIpc) is 3.02. The van der Waals surface area contributed by atoms with Crippen molar-refractivity contribution in [3.8, 4) is 0 Å². The number of anilines is 1. The Morgan fingerprint density at radius 2 is 2.04 bits per heavy atom. The monoisotopic (exact) mass is 372 g/mol. The quantitative estimate of drug-likeness (QED) is 0.773. The molecule has 2 unspecified atom stereocenters. The van der Waals surface area contributed by atoms with Gasteiger partial charge in [-0.2, -0.15) is 0 Å². The molecule has 1 aromatic rings. The van der Waals surface area contributed by atoms with Gasteiger partial charge in [-0.05, 0) is 68.7 Å². The number of nitrogens with one attached hydrogen (secondary N) is 1. The van der Waals surface area contributed by atoms with Gasteiger partial charge < -0.3 is 20.7 Å². The first-order chi connectivity index (χ1) is 12.7. The number of carbonyl (C=O) groups is 2. The molecule has 3 rings (SSSR count). The van der Waals surface area contributed by atoms with E-state index in [0.717, 1.165) is 25.1 Å². The van der Waals surface area contributed by atoms with E-state index in [9.17, 15) is 9.59 Å². The number of hydrogen-bond donors (Lipinski definition) is 2. The van der Waals surface area contributed by atoms with E-state index in [4.69, 9.17) is 10.5 Å². The number of nitrogens with two attached hydrogens (primary N) is 1. The maximum absolute atomic E-state index is 12.1. The third-order valence-corrected chi connectivity index (χ3v) is 5.04. The zero-order valence-electron chi connectivity index (χ0n) is 16.1. The predicted octanol–water partition coefficient (Wildman–Crippen LogP) is 2.30. The van der Waals surface area contributed by atoms with Gasteiger partial charge in [0, 0.05) is 31.9 Å². The summed E-state index contributed by atoms with van der Waals surface area (Å²) in [5.74, 6) is 2.02. The first kappa shape index (κ1) is 19.2. The fraction of sp³-hybridized carbons (Fsp3) is 0.550. The van der Waals surface area contributed by atoms with Crippen molar-refractivity contribution in [2.45, 2.75) is 32.8 Å². The van der Waals surface area contributed by atoms with E-state index in [1.807, 2.05) is 26.8 Å². The molecule has 3 N–H and O–H groups in total. The van der Waals surface area contributed by atoms with Gasteiger partial charge in [0.1, 0.15) is 11.4 Å². The fourth-order valence-corrected chi connectivity index (χ4v) is 3.66. The van der Waals surface area contributed by atoms with Crippen LogP contribution < -0.4 is 11.1 Å². The van der Waals surface area contributed by atoms with Gasteiger partial charge in [-0.15, -0.1) is 0 Å². The third-order valence-electron chi connectivity index (χ3n) is 5.04.